The van der Waals surface area contributed by atoms with E-state index in [1.807, 2.05) is 18.4 Å². The summed E-state index contributed by atoms with van der Waals surface area (Å²) in [5.74, 6) is 0.722. The predicted octanol–water partition coefficient (Wildman–Crippen LogP) is 3.97. The van der Waals surface area contributed by atoms with Gasteiger partial charge in [0.05, 0.1) is 10.6 Å². The minimum atomic E-state index is -0.227. The third kappa shape index (κ3) is 2.08. The number of thiophene rings is 1. The van der Waals surface area contributed by atoms with Crippen LogP contribution in [0.15, 0.2) is 17.5 Å². The Morgan fingerprint density at radius 1 is 1.47 bits per heavy atom. The summed E-state index contributed by atoms with van der Waals surface area (Å²) < 4.78 is 19.6. The first-order chi connectivity index (χ1) is 7.22. The number of halogens is 2. The molecule has 80 valence electrons. The molecule has 1 aromatic carbocycles. The standard InChI is InChI=1S/C11H10ClFOS/c1-7-6-15-11-9(7)4-8(5-10(11)13)14-3-2-12/h4-6H,2-3H2,1H3. The van der Waals surface area contributed by atoms with E-state index in [4.69, 9.17) is 16.3 Å². The fraction of sp³-hybridized carbons (Fsp3) is 0.273. The Balaban J connectivity index is 2.45. The van der Waals surface area contributed by atoms with E-state index in [0.29, 0.717) is 22.9 Å². The molecule has 0 aliphatic rings. The van der Waals surface area contributed by atoms with Gasteiger partial charge >= 0.3 is 0 Å². The molecule has 0 aliphatic carbocycles. The van der Waals surface area contributed by atoms with Gasteiger partial charge in [-0.3, -0.25) is 0 Å². The van der Waals surface area contributed by atoms with Crippen LogP contribution in [0.2, 0.25) is 0 Å². The number of hydrogen-bond donors (Lipinski definition) is 0. The molecule has 15 heavy (non-hydrogen) atoms. The largest absolute Gasteiger partial charge is 0.492 e. The minimum Gasteiger partial charge on any atom is -0.492 e. The van der Waals surface area contributed by atoms with Gasteiger partial charge < -0.3 is 4.74 Å². The van der Waals surface area contributed by atoms with Gasteiger partial charge in [-0.15, -0.1) is 22.9 Å². The van der Waals surface area contributed by atoms with Crippen molar-refractivity contribution in [1.29, 1.82) is 0 Å². The lowest BCUT2D eigenvalue weighted by Crippen LogP contribution is -1.98. The van der Waals surface area contributed by atoms with E-state index in [0.717, 1.165) is 10.9 Å². The summed E-state index contributed by atoms with van der Waals surface area (Å²) in [5.41, 5.74) is 1.07. The fourth-order valence-electron chi connectivity index (χ4n) is 1.43. The zero-order valence-electron chi connectivity index (χ0n) is 8.22. The number of aryl methyl sites for hydroxylation is 1. The number of benzene rings is 1. The van der Waals surface area contributed by atoms with E-state index < -0.39 is 0 Å². The van der Waals surface area contributed by atoms with Crippen molar-refractivity contribution in [2.45, 2.75) is 6.92 Å². The highest BCUT2D eigenvalue weighted by molar-refractivity contribution is 7.17. The molecule has 1 aromatic heterocycles. The molecule has 0 unspecified atom stereocenters. The third-order valence-corrected chi connectivity index (χ3v) is 3.42. The maximum Gasteiger partial charge on any atom is 0.144 e. The molecule has 0 radical (unpaired) electrons. The Hall–Kier alpha value is -0.800. The van der Waals surface area contributed by atoms with Gasteiger partial charge in [0.1, 0.15) is 18.2 Å². The number of hydrogen-bond acceptors (Lipinski definition) is 2. The van der Waals surface area contributed by atoms with Gasteiger partial charge in [-0.05, 0) is 23.9 Å². The summed E-state index contributed by atoms with van der Waals surface area (Å²) in [6, 6.07) is 3.27. The molecule has 0 atom stereocenters. The van der Waals surface area contributed by atoms with Gasteiger partial charge in [0, 0.05) is 11.5 Å². The van der Waals surface area contributed by atoms with E-state index in [1.165, 1.54) is 17.4 Å². The number of alkyl halides is 1. The van der Waals surface area contributed by atoms with Gasteiger partial charge in [0.25, 0.3) is 0 Å². The first-order valence-corrected chi connectivity index (χ1v) is 6.00. The van der Waals surface area contributed by atoms with E-state index in [-0.39, 0.29) is 5.82 Å². The lowest BCUT2D eigenvalue weighted by Gasteiger charge is -2.04. The Labute approximate surface area is 96.4 Å². The first-order valence-electron chi connectivity index (χ1n) is 4.58. The molecule has 2 aromatic rings. The van der Waals surface area contributed by atoms with E-state index in [1.54, 1.807) is 0 Å². The summed E-state index contributed by atoms with van der Waals surface area (Å²) >= 11 is 6.92. The van der Waals surface area contributed by atoms with Crippen molar-refractivity contribution in [3.05, 3.63) is 28.9 Å². The van der Waals surface area contributed by atoms with Gasteiger partial charge in [-0.1, -0.05) is 0 Å². The van der Waals surface area contributed by atoms with Crippen LogP contribution in [0.5, 0.6) is 5.75 Å². The summed E-state index contributed by atoms with van der Waals surface area (Å²) in [5, 5.41) is 2.86. The highest BCUT2D eigenvalue weighted by Crippen LogP contribution is 2.31. The monoisotopic (exact) mass is 244 g/mol. The van der Waals surface area contributed by atoms with Crippen LogP contribution in [0.1, 0.15) is 5.56 Å². The molecular weight excluding hydrogens is 235 g/mol. The molecule has 4 heteroatoms. The van der Waals surface area contributed by atoms with Crippen molar-refractivity contribution in [3.8, 4) is 5.75 Å². The molecule has 0 N–H and O–H groups in total. The second-order valence-electron chi connectivity index (χ2n) is 3.24. The van der Waals surface area contributed by atoms with Crippen molar-refractivity contribution in [1.82, 2.24) is 0 Å². The third-order valence-electron chi connectivity index (χ3n) is 2.14. The van der Waals surface area contributed by atoms with Crippen molar-refractivity contribution in [2.75, 3.05) is 12.5 Å². The lowest BCUT2D eigenvalue weighted by atomic mass is 10.2. The highest BCUT2D eigenvalue weighted by Gasteiger charge is 2.08. The molecule has 0 amide bonds. The topological polar surface area (TPSA) is 9.23 Å². The van der Waals surface area contributed by atoms with E-state index in [2.05, 4.69) is 0 Å². The summed E-state index contributed by atoms with van der Waals surface area (Å²) in [6.45, 7) is 2.36. The SMILES string of the molecule is Cc1csc2c(F)cc(OCCCl)cc12. The van der Waals surface area contributed by atoms with Crippen LogP contribution < -0.4 is 4.74 Å². The van der Waals surface area contributed by atoms with Crippen LogP contribution in [0.4, 0.5) is 4.39 Å². The minimum absolute atomic E-state index is 0.227. The van der Waals surface area contributed by atoms with Crippen LogP contribution in [0, 0.1) is 12.7 Å². The maximum atomic E-state index is 13.6. The normalized spacial score (nSPS) is 10.9. The van der Waals surface area contributed by atoms with Gasteiger partial charge in [0.15, 0.2) is 0 Å². The van der Waals surface area contributed by atoms with E-state index >= 15 is 0 Å². The van der Waals surface area contributed by atoms with Gasteiger partial charge in [0.2, 0.25) is 0 Å². The second-order valence-corrected chi connectivity index (χ2v) is 4.50. The fourth-order valence-corrected chi connectivity index (χ4v) is 2.45. The van der Waals surface area contributed by atoms with Crippen molar-refractivity contribution in [2.24, 2.45) is 0 Å². The van der Waals surface area contributed by atoms with Crippen molar-refractivity contribution < 1.29 is 9.13 Å². The quantitative estimate of drug-likeness (QED) is 0.743. The molecule has 0 aliphatic heterocycles. The predicted molar refractivity (Wildman–Crippen MR) is 62.7 cm³/mol. The van der Waals surface area contributed by atoms with Crippen LogP contribution in [-0.2, 0) is 0 Å². The zero-order valence-corrected chi connectivity index (χ0v) is 9.79. The second kappa shape index (κ2) is 4.37. The molecule has 1 nitrogen and oxygen atoms in total. The Morgan fingerprint density at radius 2 is 2.27 bits per heavy atom. The number of rotatable bonds is 3. The Bertz CT molecular complexity index is 481. The lowest BCUT2D eigenvalue weighted by molar-refractivity contribution is 0.341. The molecule has 0 bridgehead atoms. The molecular formula is C11H10ClFOS. The van der Waals surface area contributed by atoms with E-state index in [9.17, 15) is 4.39 Å². The zero-order chi connectivity index (χ0) is 10.8. The van der Waals surface area contributed by atoms with Gasteiger partial charge in [-0.25, -0.2) is 4.39 Å². The summed E-state index contributed by atoms with van der Waals surface area (Å²) in [7, 11) is 0. The average molecular weight is 245 g/mol. The van der Waals surface area contributed by atoms with Crippen LogP contribution in [0.25, 0.3) is 10.1 Å². The molecule has 0 saturated heterocycles. The van der Waals surface area contributed by atoms with Crippen molar-refractivity contribution >= 4 is 33.0 Å². The number of fused-ring (bicyclic) bond motifs is 1. The Morgan fingerprint density at radius 3 is 3.00 bits per heavy atom. The van der Waals surface area contributed by atoms with Gasteiger partial charge in [-0.2, -0.15) is 0 Å². The highest BCUT2D eigenvalue weighted by atomic mass is 35.5. The molecule has 0 fully saturated rings. The summed E-state index contributed by atoms with van der Waals surface area (Å²) in [6.07, 6.45) is 0. The van der Waals surface area contributed by atoms with Crippen LogP contribution in [-0.4, -0.2) is 12.5 Å². The molecule has 0 spiro atoms. The molecule has 2 rings (SSSR count). The number of ether oxygens (including phenoxy) is 1. The Kier molecular flexibility index (Phi) is 3.12. The van der Waals surface area contributed by atoms with Crippen molar-refractivity contribution in [3.63, 3.8) is 0 Å². The van der Waals surface area contributed by atoms with Crippen LogP contribution in [0.3, 0.4) is 0 Å². The molecule has 0 saturated carbocycles. The smallest absolute Gasteiger partial charge is 0.144 e. The summed E-state index contributed by atoms with van der Waals surface area (Å²) in [4.78, 5) is 0. The first kappa shape index (κ1) is 10.7. The molecule has 1 heterocycles. The maximum absolute atomic E-state index is 13.6. The average Bonchev–Trinajstić information content (AvgIpc) is 2.58. The van der Waals surface area contributed by atoms with Crippen LogP contribution >= 0.6 is 22.9 Å².